The van der Waals surface area contributed by atoms with Crippen molar-refractivity contribution in [2.24, 2.45) is 0 Å². The standard InChI is InChI=1S/C13H13NS/c1-2-13-12(5-8-15-13)9-11(1)10-3-6-14-7-4-10/h1-3,5,8-9,14H,4,6-7H2. The third-order valence-corrected chi connectivity index (χ3v) is 3.78. The molecule has 3 rings (SSSR count). The molecule has 2 aromatic rings. The van der Waals surface area contributed by atoms with Gasteiger partial charge in [0.05, 0.1) is 0 Å². The lowest BCUT2D eigenvalue weighted by Gasteiger charge is -2.14. The van der Waals surface area contributed by atoms with Gasteiger partial charge in [0.15, 0.2) is 0 Å². The maximum absolute atomic E-state index is 3.34. The third-order valence-electron chi connectivity index (χ3n) is 2.89. The molecule has 15 heavy (non-hydrogen) atoms. The zero-order chi connectivity index (χ0) is 10.1. The van der Waals surface area contributed by atoms with E-state index in [1.165, 1.54) is 21.2 Å². The van der Waals surface area contributed by atoms with Crippen LogP contribution in [0.5, 0.6) is 0 Å². The summed E-state index contributed by atoms with van der Waals surface area (Å²) >= 11 is 1.81. The van der Waals surface area contributed by atoms with Crippen LogP contribution in [0, 0.1) is 0 Å². The van der Waals surface area contributed by atoms with Gasteiger partial charge in [-0.1, -0.05) is 12.1 Å². The summed E-state index contributed by atoms with van der Waals surface area (Å²) in [7, 11) is 0. The van der Waals surface area contributed by atoms with E-state index in [9.17, 15) is 0 Å². The fourth-order valence-corrected chi connectivity index (χ4v) is 2.82. The summed E-state index contributed by atoms with van der Waals surface area (Å²) in [5.74, 6) is 0. The van der Waals surface area contributed by atoms with Crippen molar-refractivity contribution in [3.8, 4) is 0 Å². The first-order chi connectivity index (χ1) is 7.43. The van der Waals surface area contributed by atoms with E-state index < -0.39 is 0 Å². The Kier molecular flexibility index (Phi) is 2.31. The van der Waals surface area contributed by atoms with Gasteiger partial charge in [-0.25, -0.2) is 0 Å². The van der Waals surface area contributed by atoms with E-state index in [0.717, 1.165) is 19.5 Å². The Labute approximate surface area is 93.4 Å². The van der Waals surface area contributed by atoms with Crippen LogP contribution in [0.15, 0.2) is 35.7 Å². The van der Waals surface area contributed by atoms with Gasteiger partial charge in [-0.05, 0) is 53.1 Å². The van der Waals surface area contributed by atoms with Gasteiger partial charge < -0.3 is 5.32 Å². The molecule has 0 radical (unpaired) electrons. The molecule has 0 amide bonds. The Balaban J connectivity index is 2.06. The minimum absolute atomic E-state index is 1.01. The quantitative estimate of drug-likeness (QED) is 0.769. The second-order valence-electron chi connectivity index (χ2n) is 3.86. The van der Waals surface area contributed by atoms with Crippen LogP contribution in [0.4, 0.5) is 0 Å². The largest absolute Gasteiger partial charge is 0.313 e. The minimum atomic E-state index is 1.01. The van der Waals surface area contributed by atoms with Crippen LogP contribution in [0.3, 0.4) is 0 Å². The second kappa shape index (κ2) is 3.80. The molecule has 0 unspecified atom stereocenters. The van der Waals surface area contributed by atoms with Crippen LogP contribution >= 0.6 is 11.3 Å². The van der Waals surface area contributed by atoms with E-state index >= 15 is 0 Å². The summed E-state index contributed by atoms with van der Waals surface area (Å²) in [5, 5.41) is 6.87. The normalized spacial score (nSPS) is 16.7. The van der Waals surface area contributed by atoms with Crippen molar-refractivity contribution in [2.45, 2.75) is 6.42 Å². The monoisotopic (exact) mass is 215 g/mol. The van der Waals surface area contributed by atoms with Crippen molar-refractivity contribution >= 4 is 27.0 Å². The number of hydrogen-bond acceptors (Lipinski definition) is 2. The maximum Gasteiger partial charge on any atom is 0.0343 e. The van der Waals surface area contributed by atoms with Gasteiger partial charge >= 0.3 is 0 Å². The molecule has 1 aliphatic rings. The van der Waals surface area contributed by atoms with Gasteiger partial charge in [-0.2, -0.15) is 0 Å². The number of rotatable bonds is 1. The number of hydrogen-bond donors (Lipinski definition) is 1. The summed E-state index contributed by atoms with van der Waals surface area (Å²) in [4.78, 5) is 0. The lowest BCUT2D eigenvalue weighted by molar-refractivity contribution is 0.739. The number of thiophene rings is 1. The molecule has 2 heterocycles. The first-order valence-electron chi connectivity index (χ1n) is 5.31. The lowest BCUT2D eigenvalue weighted by Crippen LogP contribution is -2.19. The van der Waals surface area contributed by atoms with E-state index in [-0.39, 0.29) is 0 Å². The van der Waals surface area contributed by atoms with Gasteiger partial charge in [-0.3, -0.25) is 0 Å². The molecule has 0 atom stereocenters. The van der Waals surface area contributed by atoms with Crippen LogP contribution in [-0.2, 0) is 0 Å². The fraction of sp³-hybridized carbons (Fsp3) is 0.231. The maximum atomic E-state index is 3.34. The molecular formula is C13H13NS. The van der Waals surface area contributed by atoms with Crippen LogP contribution in [-0.4, -0.2) is 13.1 Å². The minimum Gasteiger partial charge on any atom is -0.313 e. The fourth-order valence-electron chi connectivity index (χ4n) is 2.05. The predicted molar refractivity (Wildman–Crippen MR) is 67.3 cm³/mol. The Hall–Kier alpha value is -1.12. The van der Waals surface area contributed by atoms with Crippen molar-refractivity contribution in [1.82, 2.24) is 5.32 Å². The van der Waals surface area contributed by atoms with Crippen LogP contribution in [0.1, 0.15) is 12.0 Å². The van der Waals surface area contributed by atoms with E-state index in [1.54, 1.807) is 0 Å². The molecule has 1 nitrogen and oxygen atoms in total. The van der Waals surface area contributed by atoms with E-state index in [2.05, 4.69) is 41.0 Å². The number of fused-ring (bicyclic) bond motifs is 1. The summed E-state index contributed by atoms with van der Waals surface area (Å²) in [5.41, 5.74) is 2.88. The summed E-state index contributed by atoms with van der Waals surface area (Å²) in [6.45, 7) is 2.12. The van der Waals surface area contributed by atoms with Gasteiger partial charge in [-0.15, -0.1) is 11.3 Å². The Bertz CT molecular complexity index is 510. The van der Waals surface area contributed by atoms with Crippen molar-refractivity contribution in [3.05, 3.63) is 41.3 Å². The zero-order valence-electron chi connectivity index (χ0n) is 8.49. The molecule has 1 aromatic heterocycles. The van der Waals surface area contributed by atoms with Gasteiger partial charge in [0.25, 0.3) is 0 Å². The first-order valence-corrected chi connectivity index (χ1v) is 6.19. The van der Waals surface area contributed by atoms with Crippen LogP contribution in [0.2, 0.25) is 0 Å². The number of benzene rings is 1. The Morgan fingerprint density at radius 1 is 1.20 bits per heavy atom. The molecule has 0 spiro atoms. The van der Waals surface area contributed by atoms with Crippen molar-refractivity contribution in [2.75, 3.05) is 13.1 Å². The van der Waals surface area contributed by atoms with E-state index in [0.29, 0.717) is 0 Å². The highest BCUT2D eigenvalue weighted by atomic mass is 32.1. The molecule has 1 N–H and O–H groups in total. The third kappa shape index (κ3) is 1.71. The molecule has 76 valence electrons. The van der Waals surface area contributed by atoms with Crippen LogP contribution in [0.25, 0.3) is 15.7 Å². The highest BCUT2D eigenvalue weighted by Crippen LogP contribution is 2.26. The molecule has 2 heteroatoms. The van der Waals surface area contributed by atoms with E-state index in [1.807, 2.05) is 11.3 Å². The summed E-state index contributed by atoms with van der Waals surface area (Å²) in [6.07, 6.45) is 3.45. The molecule has 1 aliphatic heterocycles. The lowest BCUT2D eigenvalue weighted by atomic mass is 9.99. The molecule has 0 saturated heterocycles. The zero-order valence-corrected chi connectivity index (χ0v) is 9.31. The molecular weight excluding hydrogens is 202 g/mol. The Morgan fingerprint density at radius 3 is 3.07 bits per heavy atom. The Morgan fingerprint density at radius 2 is 2.20 bits per heavy atom. The second-order valence-corrected chi connectivity index (χ2v) is 4.80. The van der Waals surface area contributed by atoms with Gasteiger partial charge in [0.1, 0.15) is 0 Å². The van der Waals surface area contributed by atoms with Crippen molar-refractivity contribution in [1.29, 1.82) is 0 Å². The van der Waals surface area contributed by atoms with Crippen molar-refractivity contribution in [3.63, 3.8) is 0 Å². The molecule has 0 fully saturated rings. The molecule has 0 saturated carbocycles. The number of nitrogens with one attached hydrogen (secondary N) is 1. The average molecular weight is 215 g/mol. The average Bonchev–Trinajstić information content (AvgIpc) is 2.77. The summed E-state index contributed by atoms with van der Waals surface area (Å²) < 4.78 is 1.38. The van der Waals surface area contributed by atoms with Gasteiger partial charge in [0, 0.05) is 11.2 Å². The van der Waals surface area contributed by atoms with E-state index in [4.69, 9.17) is 0 Å². The van der Waals surface area contributed by atoms with Gasteiger partial charge in [0.2, 0.25) is 0 Å². The van der Waals surface area contributed by atoms with Crippen molar-refractivity contribution < 1.29 is 0 Å². The first kappa shape index (κ1) is 9.13. The summed E-state index contributed by atoms with van der Waals surface area (Å²) in [6, 6.07) is 8.99. The predicted octanol–water partition coefficient (Wildman–Crippen LogP) is 3.28. The SMILES string of the molecule is C1=C(c2ccc3sccc3c2)CCNC1. The van der Waals surface area contributed by atoms with Crippen LogP contribution < -0.4 is 5.32 Å². The molecule has 0 bridgehead atoms. The molecule has 1 aromatic carbocycles. The smallest absolute Gasteiger partial charge is 0.0343 e. The highest BCUT2D eigenvalue weighted by Gasteiger charge is 2.06. The topological polar surface area (TPSA) is 12.0 Å². The molecule has 0 aliphatic carbocycles. The highest BCUT2D eigenvalue weighted by molar-refractivity contribution is 7.17.